The molecule has 2 N–H and O–H groups in total. The Labute approximate surface area is 130 Å². The third kappa shape index (κ3) is 1.94. The predicted octanol–water partition coefficient (Wildman–Crippen LogP) is 4.48. The third-order valence-electron chi connectivity index (χ3n) is 5.83. The molecule has 4 aliphatic carbocycles. The van der Waals surface area contributed by atoms with Crippen molar-refractivity contribution in [3.05, 3.63) is 35.9 Å². The molecule has 1 aromatic carbocycles. The summed E-state index contributed by atoms with van der Waals surface area (Å²) in [5.41, 5.74) is 7.84. The van der Waals surface area contributed by atoms with Crippen LogP contribution in [0.4, 0.5) is 0 Å². The van der Waals surface area contributed by atoms with E-state index in [1.54, 1.807) is 0 Å². The monoisotopic (exact) mass is 309 g/mol. The summed E-state index contributed by atoms with van der Waals surface area (Å²) in [6.07, 6.45) is 5.57. The van der Waals surface area contributed by atoms with Crippen LogP contribution in [0.25, 0.3) is 0 Å². The van der Waals surface area contributed by atoms with Gasteiger partial charge in [-0.1, -0.05) is 30.3 Å². The first-order chi connectivity index (χ1) is 9.49. The maximum atomic E-state index is 7.07. The van der Waals surface area contributed by atoms with E-state index in [-0.39, 0.29) is 15.8 Å². The Balaban J connectivity index is 1.69. The van der Waals surface area contributed by atoms with Gasteiger partial charge in [-0.05, 0) is 49.5 Å². The fraction of sp³-hybridized carbons (Fsp3) is 0.647. The molecule has 1 nitrogen and oxygen atoms in total. The molecule has 0 heterocycles. The summed E-state index contributed by atoms with van der Waals surface area (Å²) in [7, 11) is 0. The molecular weight excluding hydrogens is 289 g/mol. The highest BCUT2D eigenvalue weighted by Crippen LogP contribution is 2.66. The molecule has 4 saturated carbocycles. The van der Waals surface area contributed by atoms with Crippen LogP contribution in [0.3, 0.4) is 0 Å². The van der Waals surface area contributed by atoms with Crippen LogP contribution >= 0.6 is 23.2 Å². The number of alkyl halides is 2. The standard InChI is InChI=1S/C17H21Cl2N/c18-16-7-11-6-13(9-16)14(17(19,8-11)10-16)15(20)12-4-2-1-3-5-12/h1-5,11,13-15H,6-10,20H2/t11?,13?,14-,15+,16+,17+/m1/s1. The number of rotatable bonds is 2. The van der Waals surface area contributed by atoms with Gasteiger partial charge in [-0.15, -0.1) is 23.2 Å². The van der Waals surface area contributed by atoms with Crippen LogP contribution in [0.1, 0.15) is 43.7 Å². The molecule has 0 spiro atoms. The van der Waals surface area contributed by atoms with Crippen LogP contribution in [0, 0.1) is 17.8 Å². The molecule has 1 aromatic rings. The molecule has 6 atom stereocenters. The van der Waals surface area contributed by atoms with Crippen molar-refractivity contribution < 1.29 is 0 Å². The van der Waals surface area contributed by atoms with Crippen molar-refractivity contribution in [2.24, 2.45) is 23.5 Å². The van der Waals surface area contributed by atoms with Crippen molar-refractivity contribution in [2.45, 2.75) is 47.9 Å². The molecule has 4 aliphatic rings. The highest BCUT2D eigenvalue weighted by Gasteiger charge is 2.62. The number of nitrogens with two attached hydrogens (primary N) is 1. The first kappa shape index (κ1) is 13.4. The van der Waals surface area contributed by atoms with Crippen LogP contribution in [0.2, 0.25) is 0 Å². The zero-order chi connectivity index (χ0) is 14.0. The lowest BCUT2D eigenvalue weighted by Crippen LogP contribution is -2.61. The Hall–Kier alpha value is -0.240. The zero-order valence-corrected chi connectivity index (χ0v) is 13.1. The van der Waals surface area contributed by atoms with Gasteiger partial charge in [-0.2, -0.15) is 0 Å². The van der Waals surface area contributed by atoms with E-state index in [0.29, 0.717) is 11.8 Å². The van der Waals surface area contributed by atoms with E-state index in [0.717, 1.165) is 31.6 Å². The van der Waals surface area contributed by atoms with Gasteiger partial charge in [0.25, 0.3) is 0 Å². The average Bonchev–Trinajstić information content (AvgIpc) is 2.36. The Bertz CT molecular complexity index is 519. The number of hydrogen-bond donors (Lipinski definition) is 1. The number of halogens is 2. The molecule has 0 saturated heterocycles. The Morgan fingerprint density at radius 2 is 1.85 bits per heavy atom. The molecule has 0 aliphatic heterocycles. The summed E-state index contributed by atoms with van der Waals surface area (Å²) in [6.45, 7) is 0. The smallest absolute Gasteiger partial charge is 0.0515 e. The molecule has 2 unspecified atom stereocenters. The summed E-state index contributed by atoms with van der Waals surface area (Å²) in [5, 5.41) is 0. The van der Waals surface area contributed by atoms with E-state index < -0.39 is 0 Å². The average molecular weight is 310 g/mol. The molecule has 5 rings (SSSR count). The van der Waals surface area contributed by atoms with Gasteiger partial charge >= 0.3 is 0 Å². The maximum absolute atomic E-state index is 7.07. The van der Waals surface area contributed by atoms with Crippen molar-refractivity contribution >= 4 is 23.2 Å². The van der Waals surface area contributed by atoms with E-state index in [1.807, 2.05) is 6.07 Å². The van der Waals surface area contributed by atoms with E-state index in [2.05, 4.69) is 24.3 Å². The number of hydrogen-bond acceptors (Lipinski definition) is 1. The van der Waals surface area contributed by atoms with Crippen LogP contribution < -0.4 is 5.73 Å². The van der Waals surface area contributed by atoms with E-state index in [9.17, 15) is 0 Å². The van der Waals surface area contributed by atoms with Crippen LogP contribution in [0.5, 0.6) is 0 Å². The molecule has 4 bridgehead atoms. The molecule has 108 valence electrons. The van der Waals surface area contributed by atoms with Gasteiger partial charge in [0.15, 0.2) is 0 Å². The quantitative estimate of drug-likeness (QED) is 0.801. The van der Waals surface area contributed by atoms with Gasteiger partial charge in [0, 0.05) is 16.8 Å². The first-order valence-electron chi connectivity index (χ1n) is 7.68. The summed E-state index contributed by atoms with van der Waals surface area (Å²) in [6, 6.07) is 10.5. The van der Waals surface area contributed by atoms with Crippen LogP contribution in [0.15, 0.2) is 30.3 Å². The lowest BCUT2D eigenvalue weighted by molar-refractivity contribution is -0.0187. The van der Waals surface area contributed by atoms with Crippen molar-refractivity contribution in [2.75, 3.05) is 0 Å². The second-order valence-corrected chi connectivity index (χ2v) is 8.85. The highest BCUT2D eigenvalue weighted by molar-refractivity contribution is 6.28. The fourth-order valence-corrected chi connectivity index (χ4v) is 7.00. The van der Waals surface area contributed by atoms with Crippen molar-refractivity contribution in [1.82, 2.24) is 0 Å². The summed E-state index contributed by atoms with van der Waals surface area (Å²) >= 11 is 13.9. The van der Waals surface area contributed by atoms with E-state index in [4.69, 9.17) is 28.9 Å². The second-order valence-electron chi connectivity index (χ2n) is 7.30. The minimum absolute atomic E-state index is 0.0407. The second kappa shape index (κ2) is 4.38. The molecule has 0 amide bonds. The minimum atomic E-state index is -0.179. The van der Waals surface area contributed by atoms with Gasteiger partial charge < -0.3 is 5.73 Å². The van der Waals surface area contributed by atoms with E-state index >= 15 is 0 Å². The topological polar surface area (TPSA) is 26.0 Å². The maximum Gasteiger partial charge on any atom is 0.0515 e. The molecule has 4 fully saturated rings. The summed E-state index contributed by atoms with van der Waals surface area (Å²) in [5.74, 6) is 1.69. The van der Waals surface area contributed by atoms with E-state index in [1.165, 1.54) is 12.0 Å². The zero-order valence-electron chi connectivity index (χ0n) is 11.6. The highest BCUT2D eigenvalue weighted by atomic mass is 35.5. The predicted molar refractivity (Wildman–Crippen MR) is 84.1 cm³/mol. The molecule has 20 heavy (non-hydrogen) atoms. The lowest BCUT2D eigenvalue weighted by atomic mass is 9.49. The molecular formula is C17H21Cl2N. The summed E-state index contributed by atoms with van der Waals surface area (Å²) in [4.78, 5) is -0.221. The fourth-order valence-electron chi connectivity index (χ4n) is 5.49. The van der Waals surface area contributed by atoms with Crippen molar-refractivity contribution in [3.63, 3.8) is 0 Å². The first-order valence-corrected chi connectivity index (χ1v) is 8.43. The van der Waals surface area contributed by atoms with Gasteiger partial charge in [0.1, 0.15) is 0 Å². The van der Waals surface area contributed by atoms with Crippen molar-refractivity contribution in [3.8, 4) is 0 Å². The summed E-state index contributed by atoms with van der Waals surface area (Å²) < 4.78 is 0. The van der Waals surface area contributed by atoms with Gasteiger partial charge in [0.05, 0.1) is 4.87 Å². The van der Waals surface area contributed by atoms with Crippen LogP contribution in [-0.2, 0) is 0 Å². The van der Waals surface area contributed by atoms with Crippen molar-refractivity contribution in [1.29, 1.82) is 0 Å². The molecule has 0 radical (unpaired) electrons. The number of benzene rings is 1. The largest absolute Gasteiger partial charge is 0.324 e. The SMILES string of the molecule is N[C@@H](c1ccccc1)[C@H]1C2CC3C[C@](Cl)(C2)C[C@@]1(Cl)C3. The normalized spacial score (nSPS) is 47.5. The Morgan fingerprint density at radius 1 is 1.10 bits per heavy atom. The Morgan fingerprint density at radius 3 is 2.50 bits per heavy atom. The third-order valence-corrected chi connectivity index (χ3v) is 6.82. The minimum Gasteiger partial charge on any atom is -0.324 e. The van der Waals surface area contributed by atoms with Gasteiger partial charge in [-0.3, -0.25) is 0 Å². The lowest BCUT2D eigenvalue weighted by Gasteiger charge is -2.63. The van der Waals surface area contributed by atoms with Crippen LogP contribution in [-0.4, -0.2) is 9.75 Å². The Kier molecular flexibility index (Phi) is 2.94. The molecule has 0 aromatic heterocycles. The molecule has 3 heteroatoms. The van der Waals surface area contributed by atoms with Gasteiger partial charge in [-0.25, -0.2) is 0 Å². The van der Waals surface area contributed by atoms with Gasteiger partial charge in [0.2, 0.25) is 0 Å².